The third-order valence-corrected chi connectivity index (χ3v) is 7.10. The maximum absolute atomic E-state index is 14.2. The molecule has 2 unspecified atom stereocenters. The molecule has 7 nitrogen and oxygen atoms in total. The number of piperidine rings is 1. The summed E-state index contributed by atoms with van der Waals surface area (Å²) in [5.74, 6) is 1.83. The van der Waals surface area contributed by atoms with Crippen LogP contribution in [0, 0.1) is 5.82 Å². The Morgan fingerprint density at radius 1 is 0.829 bits per heavy atom. The van der Waals surface area contributed by atoms with E-state index in [0.717, 1.165) is 48.6 Å². The first kappa shape index (κ1) is 30.8. The number of methoxy groups -OCH3 is 2. The van der Waals surface area contributed by atoms with Crippen molar-refractivity contribution in [3.05, 3.63) is 89.2 Å². The standard InChI is InChI=1S/C33H42FNO6/c1-36-17-5-20-40-32-21-25(9-14-30(32)34)23-41-33-22-35-16-15-29(33)26-10-12-28(13-11-26)39-19-6-18-38-24-27-7-3-4-8-31(27)37-2/h3-4,7-14,21,29,33,35H,5-6,15-20,22-24H2,1-2H3. The van der Waals surface area contributed by atoms with Gasteiger partial charge in [-0.25, -0.2) is 4.39 Å². The van der Waals surface area contributed by atoms with Crippen molar-refractivity contribution in [2.45, 2.75) is 44.5 Å². The average Bonchev–Trinajstić information content (AvgIpc) is 3.02. The van der Waals surface area contributed by atoms with E-state index >= 15 is 0 Å². The van der Waals surface area contributed by atoms with Crippen molar-refractivity contribution in [1.82, 2.24) is 5.32 Å². The molecule has 1 aliphatic rings. The van der Waals surface area contributed by atoms with Crippen LogP contribution in [0.5, 0.6) is 17.2 Å². The first-order chi connectivity index (χ1) is 20.2. The summed E-state index contributed by atoms with van der Waals surface area (Å²) < 4.78 is 48.3. The van der Waals surface area contributed by atoms with Crippen molar-refractivity contribution in [2.75, 3.05) is 53.7 Å². The van der Waals surface area contributed by atoms with Gasteiger partial charge < -0.3 is 33.7 Å². The van der Waals surface area contributed by atoms with Crippen LogP contribution in [-0.2, 0) is 27.4 Å². The summed E-state index contributed by atoms with van der Waals surface area (Å²) >= 11 is 0. The number of para-hydroxylation sites is 1. The van der Waals surface area contributed by atoms with Crippen molar-refractivity contribution in [3.8, 4) is 17.2 Å². The summed E-state index contributed by atoms with van der Waals surface area (Å²) in [6.45, 7) is 4.78. The van der Waals surface area contributed by atoms with E-state index in [1.165, 1.54) is 11.6 Å². The molecule has 0 aliphatic carbocycles. The molecule has 0 saturated carbocycles. The fourth-order valence-corrected chi connectivity index (χ4v) is 4.89. The van der Waals surface area contributed by atoms with Crippen LogP contribution in [0.3, 0.4) is 0 Å². The van der Waals surface area contributed by atoms with Crippen LogP contribution >= 0.6 is 0 Å². The zero-order valence-electron chi connectivity index (χ0n) is 24.1. The molecule has 1 aliphatic heterocycles. The second-order valence-electron chi connectivity index (χ2n) is 10.0. The Morgan fingerprint density at radius 3 is 2.46 bits per heavy atom. The number of nitrogens with one attached hydrogen (secondary N) is 1. The molecule has 1 saturated heterocycles. The average molecular weight is 568 g/mol. The van der Waals surface area contributed by atoms with Gasteiger partial charge >= 0.3 is 0 Å². The predicted molar refractivity (Wildman–Crippen MR) is 156 cm³/mol. The highest BCUT2D eigenvalue weighted by Crippen LogP contribution is 2.30. The quantitative estimate of drug-likeness (QED) is 0.204. The van der Waals surface area contributed by atoms with Crippen LogP contribution in [-0.4, -0.2) is 59.8 Å². The van der Waals surface area contributed by atoms with Crippen molar-refractivity contribution in [3.63, 3.8) is 0 Å². The second-order valence-corrected chi connectivity index (χ2v) is 10.0. The number of hydrogen-bond donors (Lipinski definition) is 1. The summed E-state index contributed by atoms with van der Waals surface area (Å²) in [5, 5.41) is 3.44. The van der Waals surface area contributed by atoms with Crippen LogP contribution in [0.15, 0.2) is 66.7 Å². The van der Waals surface area contributed by atoms with E-state index in [1.54, 1.807) is 26.4 Å². The molecule has 1 heterocycles. The molecule has 8 heteroatoms. The topological polar surface area (TPSA) is 67.4 Å². The molecule has 4 rings (SSSR count). The third kappa shape index (κ3) is 9.71. The summed E-state index contributed by atoms with van der Waals surface area (Å²) in [4.78, 5) is 0. The second kappa shape index (κ2) is 16.9. The molecular weight excluding hydrogens is 525 g/mol. The molecule has 2 atom stereocenters. The van der Waals surface area contributed by atoms with Gasteiger partial charge in [0.2, 0.25) is 0 Å². The van der Waals surface area contributed by atoms with Gasteiger partial charge in [0.25, 0.3) is 0 Å². The van der Waals surface area contributed by atoms with E-state index in [0.29, 0.717) is 46.1 Å². The highest BCUT2D eigenvalue weighted by Gasteiger charge is 2.27. The Balaban J connectivity index is 1.21. The predicted octanol–water partition coefficient (Wildman–Crippen LogP) is 5.90. The Labute approximate surface area is 242 Å². The molecule has 1 fully saturated rings. The smallest absolute Gasteiger partial charge is 0.165 e. The molecular formula is C33H42FNO6. The van der Waals surface area contributed by atoms with E-state index in [2.05, 4.69) is 17.4 Å². The number of rotatable bonds is 17. The van der Waals surface area contributed by atoms with Crippen LogP contribution in [0.2, 0.25) is 0 Å². The fraction of sp³-hybridized carbons (Fsp3) is 0.455. The maximum atomic E-state index is 14.2. The van der Waals surface area contributed by atoms with Crippen LogP contribution in [0.1, 0.15) is 41.9 Å². The Morgan fingerprint density at radius 2 is 1.63 bits per heavy atom. The lowest BCUT2D eigenvalue weighted by Gasteiger charge is -2.32. The first-order valence-corrected chi connectivity index (χ1v) is 14.3. The minimum atomic E-state index is -0.369. The van der Waals surface area contributed by atoms with E-state index in [4.69, 9.17) is 28.4 Å². The minimum Gasteiger partial charge on any atom is -0.496 e. The van der Waals surface area contributed by atoms with Crippen molar-refractivity contribution in [2.24, 2.45) is 0 Å². The summed E-state index contributed by atoms with van der Waals surface area (Å²) in [6.07, 6.45) is 2.48. The minimum absolute atomic E-state index is 0.00651. The van der Waals surface area contributed by atoms with Crippen LogP contribution in [0.4, 0.5) is 4.39 Å². The zero-order valence-corrected chi connectivity index (χ0v) is 24.1. The molecule has 0 bridgehead atoms. The molecule has 0 spiro atoms. The van der Waals surface area contributed by atoms with E-state index in [-0.39, 0.29) is 23.6 Å². The van der Waals surface area contributed by atoms with Crippen LogP contribution < -0.4 is 19.5 Å². The van der Waals surface area contributed by atoms with Crippen molar-refractivity contribution >= 4 is 0 Å². The monoisotopic (exact) mass is 567 g/mol. The lowest BCUT2D eigenvalue weighted by molar-refractivity contribution is 0.0105. The Hall–Kier alpha value is -3.17. The van der Waals surface area contributed by atoms with E-state index < -0.39 is 0 Å². The van der Waals surface area contributed by atoms with Crippen LogP contribution in [0.25, 0.3) is 0 Å². The van der Waals surface area contributed by atoms with Gasteiger partial charge in [0.1, 0.15) is 11.5 Å². The number of ether oxygens (including phenoxy) is 6. The lowest BCUT2D eigenvalue weighted by atomic mass is 9.87. The normalized spacial score (nSPS) is 16.9. The molecule has 3 aromatic carbocycles. The molecule has 222 valence electrons. The van der Waals surface area contributed by atoms with Gasteiger partial charge in [0.05, 0.1) is 46.2 Å². The zero-order chi connectivity index (χ0) is 28.7. The maximum Gasteiger partial charge on any atom is 0.165 e. The SMILES string of the molecule is COCCCOc1cc(COC2CNCCC2c2ccc(OCCCOCc3ccccc3OC)cc2)ccc1F. The van der Waals surface area contributed by atoms with Gasteiger partial charge in [-0.15, -0.1) is 0 Å². The number of hydrogen-bond acceptors (Lipinski definition) is 7. The van der Waals surface area contributed by atoms with Gasteiger partial charge in [-0.1, -0.05) is 36.4 Å². The van der Waals surface area contributed by atoms with Gasteiger partial charge in [0.15, 0.2) is 11.6 Å². The molecule has 3 aromatic rings. The largest absolute Gasteiger partial charge is 0.496 e. The molecule has 1 N–H and O–H groups in total. The fourth-order valence-electron chi connectivity index (χ4n) is 4.89. The molecule has 0 amide bonds. The van der Waals surface area contributed by atoms with Gasteiger partial charge in [-0.3, -0.25) is 0 Å². The van der Waals surface area contributed by atoms with Crippen molar-refractivity contribution < 1.29 is 32.8 Å². The Kier molecular flexibility index (Phi) is 12.7. The number of benzene rings is 3. The van der Waals surface area contributed by atoms with Gasteiger partial charge in [-0.2, -0.15) is 0 Å². The molecule has 41 heavy (non-hydrogen) atoms. The highest BCUT2D eigenvalue weighted by molar-refractivity contribution is 5.33. The number of halogens is 1. The lowest BCUT2D eigenvalue weighted by Crippen LogP contribution is -2.40. The Bertz CT molecular complexity index is 1170. The van der Waals surface area contributed by atoms with Crippen molar-refractivity contribution in [1.29, 1.82) is 0 Å². The summed E-state index contributed by atoms with van der Waals surface area (Å²) in [7, 11) is 3.31. The third-order valence-electron chi connectivity index (χ3n) is 7.10. The summed E-state index contributed by atoms with van der Waals surface area (Å²) in [6, 6.07) is 21.1. The van der Waals surface area contributed by atoms with Gasteiger partial charge in [0, 0.05) is 44.6 Å². The van der Waals surface area contributed by atoms with E-state index in [1.807, 2.05) is 36.4 Å². The molecule has 0 aromatic heterocycles. The van der Waals surface area contributed by atoms with Gasteiger partial charge in [-0.05, 0) is 54.4 Å². The molecule has 0 radical (unpaired) electrons. The summed E-state index contributed by atoms with van der Waals surface area (Å²) in [5.41, 5.74) is 3.15. The first-order valence-electron chi connectivity index (χ1n) is 14.3. The van der Waals surface area contributed by atoms with E-state index in [9.17, 15) is 4.39 Å². The highest BCUT2D eigenvalue weighted by atomic mass is 19.1.